The normalized spacial score (nSPS) is 10.1. The van der Waals surface area contributed by atoms with Gasteiger partial charge in [0.2, 0.25) is 0 Å². The molecule has 1 aromatic carbocycles. The van der Waals surface area contributed by atoms with Gasteiger partial charge in [0.25, 0.3) is 5.91 Å². The SMILES string of the molecule is CSCCCNc1ccc(C(=O)NCCO)cc1. The Morgan fingerprint density at radius 2 is 2.00 bits per heavy atom. The Bertz CT molecular complexity index is 355. The summed E-state index contributed by atoms with van der Waals surface area (Å²) in [7, 11) is 0. The van der Waals surface area contributed by atoms with Crippen LogP contribution in [0.25, 0.3) is 0 Å². The maximum Gasteiger partial charge on any atom is 0.251 e. The second-order valence-electron chi connectivity index (χ2n) is 3.83. The van der Waals surface area contributed by atoms with Gasteiger partial charge in [-0.1, -0.05) is 0 Å². The number of nitrogens with one attached hydrogen (secondary N) is 2. The van der Waals surface area contributed by atoms with Crippen LogP contribution < -0.4 is 10.6 Å². The van der Waals surface area contributed by atoms with Crippen LogP contribution in [0.4, 0.5) is 5.69 Å². The summed E-state index contributed by atoms with van der Waals surface area (Å²) < 4.78 is 0. The summed E-state index contributed by atoms with van der Waals surface area (Å²) in [6.45, 7) is 1.19. The summed E-state index contributed by atoms with van der Waals surface area (Å²) in [6.07, 6.45) is 3.22. The van der Waals surface area contributed by atoms with Gasteiger partial charge < -0.3 is 15.7 Å². The number of amides is 1. The van der Waals surface area contributed by atoms with E-state index in [0.717, 1.165) is 24.4 Å². The van der Waals surface area contributed by atoms with Gasteiger partial charge in [0.15, 0.2) is 0 Å². The Labute approximate surface area is 112 Å². The van der Waals surface area contributed by atoms with E-state index >= 15 is 0 Å². The van der Waals surface area contributed by atoms with E-state index < -0.39 is 0 Å². The van der Waals surface area contributed by atoms with E-state index in [4.69, 9.17) is 5.11 Å². The molecule has 0 saturated carbocycles. The number of thioether (sulfide) groups is 1. The summed E-state index contributed by atoms with van der Waals surface area (Å²) in [5, 5.41) is 14.5. The lowest BCUT2D eigenvalue weighted by molar-refractivity contribution is 0.0945. The number of aliphatic hydroxyl groups excluding tert-OH is 1. The molecule has 0 atom stereocenters. The van der Waals surface area contributed by atoms with Crippen LogP contribution in [0.2, 0.25) is 0 Å². The fourth-order valence-corrected chi connectivity index (χ4v) is 1.89. The smallest absolute Gasteiger partial charge is 0.251 e. The first-order valence-electron chi connectivity index (χ1n) is 6.00. The van der Waals surface area contributed by atoms with Crippen molar-refractivity contribution < 1.29 is 9.90 Å². The van der Waals surface area contributed by atoms with Gasteiger partial charge in [0.1, 0.15) is 0 Å². The van der Waals surface area contributed by atoms with Crippen LogP contribution in [0, 0.1) is 0 Å². The van der Waals surface area contributed by atoms with E-state index in [-0.39, 0.29) is 19.1 Å². The minimum atomic E-state index is -0.155. The molecule has 0 aromatic heterocycles. The molecule has 0 aliphatic heterocycles. The van der Waals surface area contributed by atoms with E-state index in [1.165, 1.54) is 0 Å². The van der Waals surface area contributed by atoms with Crippen molar-refractivity contribution >= 4 is 23.4 Å². The maximum absolute atomic E-state index is 11.6. The molecule has 0 saturated heterocycles. The first-order chi connectivity index (χ1) is 8.77. The van der Waals surface area contributed by atoms with Crippen molar-refractivity contribution in [3.05, 3.63) is 29.8 Å². The van der Waals surface area contributed by atoms with Crippen LogP contribution in [0.5, 0.6) is 0 Å². The third-order valence-corrected chi connectivity index (χ3v) is 3.10. The van der Waals surface area contributed by atoms with Crippen LogP contribution in [-0.2, 0) is 0 Å². The summed E-state index contributed by atoms with van der Waals surface area (Å²) in [6, 6.07) is 7.35. The standard InChI is InChI=1S/C13H20N2O2S/c1-18-10-2-7-14-12-5-3-11(4-6-12)13(17)15-8-9-16/h3-6,14,16H,2,7-10H2,1H3,(H,15,17). The van der Waals surface area contributed by atoms with Crippen LogP contribution >= 0.6 is 11.8 Å². The van der Waals surface area contributed by atoms with Crippen molar-refractivity contribution in [2.45, 2.75) is 6.42 Å². The van der Waals surface area contributed by atoms with Crippen LogP contribution in [0.15, 0.2) is 24.3 Å². The Hall–Kier alpha value is -1.20. The van der Waals surface area contributed by atoms with Gasteiger partial charge in [0, 0.05) is 24.3 Å². The maximum atomic E-state index is 11.6. The van der Waals surface area contributed by atoms with E-state index in [1.807, 2.05) is 23.9 Å². The molecule has 0 radical (unpaired) electrons. The lowest BCUT2D eigenvalue weighted by Crippen LogP contribution is -2.26. The number of aliphatic hydroxyl groups is 1. The largest absolute Gasteiger partial charge is 0.395 e. The Morgan fingerprint density at radius 1 is 1.28 bits per heavy atom. The molecule has 0 unspecified atom stereocenters. The minimum absolute atomic E-state index is 0.0409. The van der Waals surface area contributed by atoms with Crippen molar-refractivity contribution in [2.24, 2.45) is 0 Å². The number of hydrogen-bond donors (Lipinski definition) is 3. The molecule has 0 fully saturated rings. The van der Waals surface area contributed by atoms with Gasteiger partial charge in [0.05, 0.1) is 6.61 Å². The third kappa shape index (κ3) is 5.42. The number of rotatable bonds is 8. The van der Waals surface area contributed by atoms with Gasteiger partial charge in [-0.05, 0) is 42.7 Å². The average molecular weight is 268 g/mol. The molecular weight excluding hydrogens is 248 g/mol. The van der Waals surface area contributed by atoms with Gasteiger partial charge in [-0.25, -0.2) is 0 Å². The van der Waals surface area contributed by atoms with Gasteiger partial charge in [-0.3, -0.25) is 4.79 Å². The van der Waals surface area contributed by atoms with Gasteiger partial charge in [-0.15, -0.1) is 0 Å². The van der Waals surface area contributed by atoms with Crippen LogP contribution in [-0.4, -0.2) is 42.7 Å². The number of carbonyl (C=O) groups excluding carboxylic acids is 1. The molecule has 1 rings (SSSR count). The molecule has 0 heterocycles. The molecule has 1 aromatic rings. The highest BCUT2D eigenvalue weighted by Gasteiger charge is 2.03. The topological polar surface area (TPSA) is 61.4 Å². The predicted octanol–water partition coefficient (Wildman–Crippen LogP) is 1.57. The summed E-state index contributed by atoms with van der Waals surface area (Å²) in [5.41, 5.74) is 1.63. The molecule has 100 valence electrons. The average Bonchev–Trinajstić information content (AvgIpc) is 2.41. The Morgan fingerprint density at radius 3 is 2.61 bits per heavy atom. The second-order valence-corrected chi connectivity index (χ2v) is 4.82. The highest BCUT2D eigenvalue weighted by molar-refractivity contribution is 7.98. The van der Waals surface area contributed by atoms with Crippen molar-refractivity contribution in [1.29, 1.82) is 0 Å². The molecule has 1 amide bonds. The lowest BCUT2D eigenvalue weighted by Gasteiger charge is -2.07. The quantitative estimate of drug-likeness (QED) is 0.626. The number of carbonyl (C=O) groups is 1. The zero-order chi connectivity index (χ0) is 13.2. The van der Waals surface area contributed by atoms with Crippen LogP contribution in [0.1, 0.15) is 16.8 Å². The van der Waals surface area contributed by atoms with E-state index in [9.17, 15) is 4.79 Å². The summed E-state index contributed by atoms with van der Waals surface area (Å²) >= 11 is 1.84. The van der Waals surface area contributed by atoms with Crippen molar-refractivity contribution in [1.82, 2.24) is 5.32 Å². The van der Waals surface area contributed by atoms with Crippen molar-refractivity contribution in [3.8, 4) is 0 Å². The predicted molar refractivity (Wildman–Crippen MR) is 77.3 cm³/mol. The first kappa shape index (κ1) is 14.9. The minimum Gasteiger partial charge on any atom is -0.395 e. The van der Waals surface area contributed by atoms with E-state index in [2.05, 4.69) is 16.9 Å². The molecule has 4 nitrogen and oxygen atoms in total. The number of hydrogen-bond acceptors (Lipinski definition) is 4. The third-order valence-electron chi connectivity index (χ3n) is 2.40. The Balaban J connectivity index is 2.39. The lowest BCUT2D eigenvalue weighted by atomic mass is 10.2. The summed E-state index contributed by atoms with van der Waals surface area (Å²) in [5.74, 6) is 0.993. The second kappa shape index (κ2) is 8.83. The number of anilines is 1. The highest BCUT2D eigenvalue weighted by atomic mass is 32.2. The molecule has 0 spiro atoms. The Kier molecular flexibility index (Phi) is 7.29. The zero-order valence-electron chi connectivity index (χ0n) is 10.6. The van der Waals surface area contributed by atoms with Gasteiger partial charge in [-0.2, -0.15) is 11.8 Å². The van der Waals surface area contributed by atoms with E-state index in [1.54, 1.807) is 12.1 Å². The fourth-order valence-electron chi connectivity index (χ4n) is 1.46. The van der Waals surface area contributed by atoms with E-state index in [0.29, 0.717) is 5.56 Å². The van der Waals surface area contributed by atoms with Crippen molar-refractivity contribution in [2.75, 3.05) is 37.0 Å². The molecule has 0 bridgehead atoms. The first-order valence-corrected chi connectivity index (χ1v) is 7.39. The zero-order valence-corrected chi connectivity index (χ0v) is 11.4. The molecule has 5 heteroatoms. The molecule has 0 aliphatic carbocycles. The van der Waals surface area contributed by atoms with Crippen LogP contribution in [0.3, 0.4) is 0 Å². The summed E-state index contributed by atoms with van der Waals surface area (Å²) in [4.78, 5) is 11.6. The monoisotopic (exact) mass is 268 g/mol. The van der Waals surface area contributed by atoms with Crippen molar-refractivity contribution in [3.63, 3.8) is 0 Å². The highest BCUT2D eigenvalue weighted by Crippen LogP contribution is 2.09. The fraction of sp³-hybridized carbons (Fsp3) is 0.462. The molecule has 3 N–H and O–H groups in total. The molecular formula is C13H20N2O2S. The molecule has 0 aliphatic rings. The molecule has 18 heavy (non-hydrogen) atoms. The number of benzene rings is 1. The van der Waals surface area contributed by atoms with Gasteiger partial charge >= 0.3 is 0 Å².